The zero-order valence-electron chi connectivity index (χ0n) is 14.4. The molecule has 3 rings (SSSR count). The van der Waals surface area contributed by atoms with Crippen molar-refractivity contribution in [3.63, 3.8) is 0 Å². The van der Waals surface area contributed by atoms with E-state index in [1.807, 2.05) is 0 Å². The molecule has 2 aromatic rings. The lowest BCUT2D eigenvalue weighted by atomic mass is 9.85. The zero-order chi connectivity index (χ0) is 17.8. The largest absolute Gasteiger partial charge is 0.328 e. The van der Waals surface area contributed by atoms with E-state index in [9.17, 15) is 14.0 Å². The van der Waals surface area contributed by atoms with Crippen molar-refractivity contribution in [3.8, 4) is 0 Å². The Bertz CT molecular complexity index is 807. The van der Waals surface area contributed by atoms with Gasteiger partial charge in [0.15, 0.2) is 0 Å². The van der Waals surface area contributed by atoms with Gasteiger partial charge in [-0.2, -0.15) is 0 Å². The first-order valence-electron chi connectivity index (χ1n) is 8.53. The van der Waals surface area contributed by atoms with Gasteiger partial charge in [0.2, 0.25) is 5.91 Å². The van der Waals surface area contributed by atoms with Gasteiger partial charge in [-0.1, -0.05) is 18.6 Å². The second-order valence-electron chi connectivity index (χ2n) is 6.59. The smallest absolute Gasteiger partial charge is 0.274 e. The molecule has 0 spiro atoms. The molecular formula is C19H23ClFN3O2. The van der Waals surface area contributed by atoms with Gasteiger partial charge in [-0.15, -0.1) is 12.4 Å². The predicted molar refractivity (Wildman–Crippen MR) is 102 cm³/mol. The summed E-state index contributed by atoms with van der Waals surface area (Å²) in [5.41, 5.74) is 6.73. The van der Waals surface area contributed by atoms with E-state index in [1.54, 1.807) is 30.5 Å². The Morgan fingerprint density at radius 1 is 1.23 bits per heavy atom. The number of aromatic nitrogens is 1. The van der Waals surface area contributed by atoms with Crippen LogP contribution in [-0.2, 0) is 11.3 Å². The monoisotopic (exact) mass is 379 g/mol. The molecular weight excluding hydrogens is 357 g/mol. The molecule has 3 N–H and O–H groups in total. The highest BCUT2D eigenvalue weighted by molar-refractivity contribution is 5.92. The van der Waals surface area contributed by atoms with Gasteiger partial charge in [0.1, 0.15) is 11.5 Å². The Labute approximate surface area is 157 Å². The molecule has 1 aromatic heterocycles. The number of hydrogen-bond acceptors (Lipinski definition) is 3. The highest BCUT2D eigenvalue weighted by atomic mass is 35.5. The van der Waals surface area contributed by atoms with Gasteiger partial charge in [-0.05, 0) is 49.1 Å². The molecule has 1 aromatic carbocycles. The number of rotatable bonds is 4. The SMILES string of the molecule is Cl.NC1CCCC(C(=O)Nc2cccn(Cc3ccc(F)cc3)c2=O)C1. The van der Waals surface area contributed by atoms with Gasteiger partial charge in [0.25, 0.3) is 5.56 Å². The van der Waals surface area contributed by atoms with Gasteiger partial charge in [-0.25, -0.2) is 4.39 Å². The summed E-state index contributed by atoms with van der Waals surface area (Å²) in [6.45, 7) is 0.317. The molecule has 2 unspecified atom stereocenters. The second-order valence-corrected chi connectivity index (χ2v) is 6.59. The average molecular weight is 380 g/mol. The molecule has 26 heavy (non-hydrogen) atoms. The van der Waals surface area contributed by atoms with Gasteiger partial charge >= 0.3 is 0 Å². The summed E-state index contributed by atoms with van der Waals surface area (Å²) in [6.07, 6.45) is 4.98. The van der Waals surface area contributed by atoms with E-state index in [2.05, 4.69) is 5.32 Å². The van der Waals surface area contributed by atoms with E-state index in [4.69, 9.17) is 5.73 Å². The Morgan fingerprint density at radius 2 is 1.96 bits per heavy atom. The molecule has 1 saturated carbocycles. The van der Waals surface area contributed by atoms with E-state index in [-0.39, 0.29) is 47.3 Å². The van der Waals surface area contributed by atoms with Crippen LogP contribution in [0.3, 0.4) is 0 Å². The highest BCUT2D eigenvalue weighted by Crippen LogP contribution is 2.24. The molecule has 1 fully saturated rings. The number of amides is 1. The minimum atomic E-state index is -0.317. The Hall–Kier alpha value is -2.18. The van der Waals surface area contributed by atoms with Crippen molar-refractivity contribution < 1.29 is 9.18 Å². The van der Waals surface area contributed by atoms with Crippen LogP contribution in [0.1, 0.15) is 31.2 Å². The second kappa shape index (κ2) is 8.96. The van der Waals surface area contributed by atoms with Crippen LogP contribution in [0.15, 0.2) is 47.4 Å². The Morgan fingerprint density at radius 3 is 2.65 bits per heavy atom. The number of nitrogens with one attached hydrogen (secondary N) is 1. The molecule has 7 heteroatoms. The standard InChI is InChI=1S/C19H22FN3O2.ClH/c20-15-8-6-13(7-9-15)12-23-10-2-5-17(19(23)25)22-18(24)14-3-1-4-16(21)11-14;/h2,5-10,14,16H,1,3-4,11-12,21H2,(H,22,24);1H. The first-order valence-corrected chi connectivity index (χ1v) is 8.53. The van der Waals surface area contributed by atoms with Gasteiger partial charge in [0.05, 0.1) is 6.54 Å². The van der Waals surface area contributed by atoms with Gasteiger partial charge in [-0.3, -0.25) is 9.59 Å². The molecule has 1 aliphatic carbocycles. The van der Waals surface area contributed by atoms with Crippen molar-refractivity contribution in [1.29, 1.82) is 0 Å². The van der Waals surface area contributed by atoms with Crippen molar-refractivity contribution in [1.82, 2.24) is 4.57 Å². The number of nitrogens with two attached hydrogens (primary N) is 1. The quantitative estimate of drug-likeness (QED) is 0.857. The maximum Gasteiger partial charge on any atom is 0.274 e. The van der Waals surface area contributed by atoms with E-state index >= 15 is 0 Å². The van der Waals surface area contributed by atoms with Gasteiger partial charge in [0, 0.05) is 18.2 Å². The number of hydrogen-bond donors (Lipinski definition) is 2. The van der Waals surface area contributed by atoms with Crippen molar-refractivity contribution in [2.45, 2.75) is 38.3 Å². The molecule has 0 aliphatic heterocycles. The van der Waals surface area contributed by atoms with Crippen LogP contribution >= 0.6 is 12.4 Å². The molecule has 0 bridgehead atoms. The number of carbonyl (C=O) groups excluding carboxylic acids is 1. The van der Waals surface area contributed by atoms with E-state index < -0.39 is 0 Å². The van der Waals surface area contributed by atoms with E-state index in [0.717, 1.165) is 24.8 Å². The first-order chi connectivity index (χ1) is 12.0. The molecule has 0 saturated heterocycles. The van der Waals surface area contributed by atoms with Crippen molar-refractivity contribution in [3.05, 3.63) is 64.3 Å². The normalized spacial score (nSPS) is 19.5. The fourth-order valence-electron chi connectivity index (χ4n) is 3.24. The third kappa shape index (κ3) is 4.93. The van der Waals surface area contributed by atoms with Crippen LogP contribution in [0.4, 0.5) is 10.1 Å². The topological polar surface area (TPSA) is 77.1 Å². The molecule has 140 valence electrons. The summed E-state index contributed by atoms with van der Waals surface area (Å²) in [6, 6.07) is 9.36. The number of pyridine rings is 1. The van der Waals surface area contributed by atoms with Crippen LogP contribution in [0, 0.1) is 11.7 Å². The van der Waals surface area contributed by atoms with Crippen LogP contribution in [-0.4, -0.2) is 16.5 Å². The minimum absolute atomic E-state index is 0. The molecule has 5 nitrogen and oxygen atoms in total. The number of carbonyl (C=O) groups is 1. The van der Waals surface area contributed by atoms with E-state index in [0.29, 0.717) is 13.0 Å². The fraction of sp³-hybridized carbons (Fsp3) is 0.368. The summed E-state index contributed by atoms with van der Waals surface area (Å²) >= 11 is 0. The molecule has 1 aliphatic rings. The first kappa shape index (κ1) is 20.1. The lowest BCUT2D eigenvalue weighted by Crippen LogP contribution is -2.35. The number of nitrogens with zero attached hydrogens (tertiary/aromatic N) is 1. The lowest BCUT2D eigenvalue weighted by Gasteiger charge is -2.25. The zero-order valence-corrected chi connectivity index (χ0v) is 15.2. The lowest BCUT2D eigenvalue weighted by molar-refractivity contribution is -0.120. The van der Waals surface area contributed by atoms with Crippen LogP contribution in [0.2, 0.25) is 0 Å². The minimum Gasteiger partial charge on any atom is -0.328 e. The molecule has 1 heterocycles. The van der Waals surface area contributed by atoms with Crippen molar-refractivity contribution in [2.75, 3.05) is 5.32 Å². The Balaban J connectivity index is 0.00000243. The third-order valence-corrected chi connectivity index (χ3v) is 4.63. The van der Waals surface area contributed by atoms with E-state index in [1.165, 1.54) is 16.7 Å². The maximum atomic E-state index is 13.0. The molecule has 0 radical (unpaired) electrons. The van der Waals surface area contributed by atoms with Crippen molar-refractivity contribution >= 4 is 24.0 Å². The highest BCUT2D eigenvalue weighted by Gasteiger charge is 2.25. The fourth-order valence-corrected chi connectivity index (χ4v) is 3.24. The summed E-state index contributed by atoms with van der Waals surface area (Å²) < 4.78 is 14.5. The Kier molecular flexibility index (Phi) is 6.94. The van der Waals surface area contributed by atoms with Crippen LogP contribution in [0.25, 0.3) is 0 Å². The van der Waals surface area contributed by atoms with Crippen molar-refractivity contribution in [2.24, 2.45) is 11.7 Å². The number of anilines is 1. The third-order valence-electron chi connectivity index (χ3n) is 4.63. The number of halogens is 2. The van der Waals surface area contributed by atoms with Crippen LogP contribution in [0.5, 0.6) is 0 Å². The van der Waals surface area contributed by atoms with Gasteiger partial charge < -0.3 is 15.6 Å². The van der Waals surface area contributed by atoms with Crippen LogP contribution < -0.4 is 16.6 Å². The summed E-state index contributed by atoms with van der Waals surface area (Å²) in [5.74, 6) is -0.608. The molecule has 1 amide bonds. The summed E-state index contributed by atoms with van der Waals surface area (Å²) in [7, 11) is 0. The summed E-state index contributed by atoms with van der Waals surface area (Å²) in [4.78, 5) is 25.0. The number of benzene rings is 1. The average Bonchev–Trinajstić information content (AvgIpc) is 2.60. The summed E-state index contributed by atoms with van der Waals surface area (Å²) in [5, 5.41) is 2.75. The predicted octanol–water partition coefficient (Wildman–Crippen LogP) is 2.91. The maximum absolute atomic E-state index is 13.0. The molecule has 2 atom stereocenters.